The average molecular weight is 349 g/mol. The second-order valence-electron chi connectivity index (χ2n) is 5.34. The van der Waals surface area contributed by atoms with Gasteiger partial charge in [-0.2, -0.15) is 0 Å². The van der Waals surface area contributed by atoms with Crippen LogP contribution in [0.1, 0.15) is 36.6 Å². The third-order valence-electron chi connectivity index (χ3n) is 3.13. The topological polar surface area (TPSA) is 34.1 Å². The number of pyridine rings is 1. The monoisotopic (exact) mass is 348 g/mol. The quantitative estimate of drug-likeness (QED) is 0.846. The number of benzene rings is 1. The SMILES string of the molecule is CNCc1cc(OCc2cccc(Br)c2)nc(C(C)C)c1. The molecule has 0 saturated heterocycles. The molecule has 1 heterocycles. The molecule has 21 heavy (non-hydrogen) atoms. The van der Waals surface area contributed by atoms with Gasteiger partial charge in [0.25, 0.3) is 0 Å². The Balaban J connectivity index is 2.14. The molecule has 0 unspecified atom stereocenters. The Kier molecular flexibility index (Phi) is 5.76. The summed E-state index contributed by atoms with van der Waals surface area (Å²) in [4.78, 5) is 4.59. The molecule has 3 nitrogen and oxygen atoms in total. The summed E-state index contributed by atoms with van der Waals surface area (Å²) in [6.07, 6.45) is 0. The molecule has 0 saturated carbocycles. The molecule has 0 aliphatic carbocycles. The Labute approximate surface area is 134 Å². The van der Waals surface area contributed by atoms with E-state index in [-0.39, 0.29) is 0 Å². The number of rotatable bonds is 6. The summed E-state index contributed by atoms with van der Waals surface area (Å²) in [5, 5.41) is 3.17. The van der Waals surface area contributed by atoms with E-state index in [1.807, 2.05) is 31.3 Å². The van der Waals surface area contributed by atoms with Crippen LogP contribution >= 0.6 is 15.9 Å². The molecule has 2 aromatic rings. The van der Waals surface area contributed by atoms with E-state index in [2.05, 4.69) is 52.2 Å². The maximum absolute atomic E-state index is 5.87. The molecule has 1 aromatic heterocycles. The van der Waals surface area contributed by atoms with Crippen LogP contribution in [0.15, 0.2) is 40.9 Å². The third kappa shape index (κ3) is 4.83. The fourth-order valence-electron chi connectivity index (χ4n) is 2.04. The summed E-state index contributed by atoms with van der Waals surface area (Å²) in [5.41, 5.74) is 3.38. The van der Waals surface area contributed by atoms with E-state index in [0.717, 1.165) is 22.3 Å². The molecule has 0 spiro atoms. The molecule has 4 heteroatoms. The molecule has 1 aromatic carbocycles. The molecule has 112 valence electrons. The summed E-state index contributed by atoms with van der Waals surface area (Å²) in [6, 6.07) is 12.2. The predicted molar refractivity (Wildman–Crippen MR) is 89.6 cm³/mol. The van der Waals surface area contributed by atoms with Crippen LogP contribution in [-0.2, 0) is 13.2 Å². The molecule has 1 N–H and O–H groups in total. The van der Waals surface area contributed by atoms with Crippen LogP contribution in [0.25, 0.3) is 0 Å². The van der Waals surface area contributed by atoms with Crippen molar-refractivity contribution in [2.75, 3.05) is 7.05 Å². The van der Waals surface area contributed by atoms with Crippen LogP contribution in [0.5, 0.6) is 5.88 Å². The van der Waals surface area contributed by atoms with Crippen molar-refractivity contribution in [2.45, 2.75) is 32.9 Å². The van der Waals surface area contributed by atoms with Gasteiger partial charge < -0.3 is 10.1 Å². The van der Waals surface area contributed by atoms with E-state index in [0.29, 0.717) is 18.4 Å². The summed E-state index contributed by atoms with van der Waals surface area (Å²) in [6.45, 7) is 5.62. The minimum atomic E-state index is 0.384. The Morgan fingerprint density at radius 3 is 2.67 bits per heavy atom. The van der Waals surface area contributed by atoms with E-state index in [4.69, 9.17) is 4.74 Å². The highest BCUT2D eigenvalue weighted by Gasteiger charge is 2.07. The van der Waals surface area contributed by atoms with Crippen molar-refractivity contribution in [1.29, 1.82) is 0 Å². The van der Waals surface area contributed by atoms with Gasteiger partial charge in [0.05, 0.1) is 0 Å². The summed E-state index contributed by atoms with van der Waals surface area (Å²) >= 11 is 3.47. The van der Waals surface area contributed by atoms with Crippen molar-refractivity contribution in [1.82, 2.24) is 10.3 Å². The van der Waals surface area contributed by atoms with Crippen LogP contribution in [0, 0.1) is 0 Å². The fraction of sp³-hybridized carbons (Fsp3) is 0.353. The second-order valence-corrected chi connectivity index (χ2v) is 6.26. The lowest BCUT2D eigenvalue weighted by molar-refractivity contribution is 0.292. The van der Waals surface area contributed by atoms with Crippen molar-refractivity contribution in [3.8, 4) is 5.88 Å². The number of halogens is 1. The maximum atomic E-state index is 5.87. The van der Waals surface area contributed by atoms with E-state index in [9.17, 15) is 0 Å². The normalized spacial score (nSPS) is 10.9. The number of aromatic nitrogens is 1. The molecular weight excluding hydrogens is 328 g/mol. The standard InChI is InChI=1S/C17H21BrN2O/c1-12(2)16-8-14(10-19-3)9-17(20-16)21-11-13-5-4-6-15(18)7-13/h4-9,12,19H,10-11H2,1-3H3. The zero-order valence-electron chi connectivity index (χ0n) is 12.7. The van der Waals surface area contributed by atoms with Gasteiger partial charge in [-0.05, 0) is 42.3 Å². The second kappa shape index (κ2) is 7.57. The minimum Gasteiger partial charge on any atom is -0.473 e. The number of ether oxygens (including phenoxy) is 1. The zero-order valence-corrected chi connectivity index (χ0v) is 14.3. The lowest BCUT2D eigenvalue weighted by Crippen LogP contribution is -2.08. The van der Waals surface area contributed by atoms with Crippen molar-refractivity contribution in [2.24, 2.45) is 0 Å². The smallest absolute Gasteiger partial charge is 0.214 e. The van der Waals surface area contributed by atoms with Gasteiger partial charge in [0.1, 0.15) is 6.61 Å². The van der Waals surface area contributed by atoms with Gasteiger partial charge in [-0.1, -0.05) is 41.9 Å². The highest BCUT2D eigenvalue weighted by molar-refractivity contribution is 9.10. The van der Waals surface area contributed by atoms with E-state index in [1.54, 1.807) is 0 Å². The number of hydrogen-bond acceptors (Lipinski definition) is 3. The molecule has 0 fully saturated rings. The first kappa shape index (κ1) is 16.0. The Hall–Kier alpha value is -1.39. The molecule has 0 atom stereocenters. The lowest BCUT2D eigenvalue weighted by Gasteiger charge is -2.12. The first-order valence-corrected chi connectivity index (χ1v) is 7.90. The van der Waals surface area contributed by atoms with Crippen LogP contribution < -0.4 is 10.1 Å². The van der Waals surface area contributed by atoms with Gasteiger partial charge in [-0.15, -0.1) is 0 Å². The zero-order chi connectivity index (χ0) is 15.2. The Bertz CT molecular complexity index is 599. The third-order valence-corrected chi connectivity index (χ3v) is 3.62. The van der Waals surface area contributed by atoms with Crippen LogP contribution in [0.2, 0.25) is 0 Å². The highest BCUT2D eigenvalue weighted by atomic mass is 79.9. The summed E-state index contributed by atoms with van der Waals surface area (Å²) in [5.74, 6) is 1.07. The fourth-order valence-corrected chi connectivity index (χ4v) is 2.49. The van der Waals surface area contributed by atoms with E-state index >= 15 is 0 Å². The summed E-state index contributed by atoms with van der Waals surface area (Å²) < 4.78 is 6.92. The first-order chi connectivity index (χ1) is 10.1. The molecule has 0 radical (unpaired) electrons. The van der Waals surface area contributed by atoms with Gasteiger partial charge in [0.15, 0.2) is 0 Å². The van der Waals surface area contributed by atoms with Gasteiger partial charge in [-0.25, -0.2) is 4.98 Å². The van der Waals surface area contributed by atoms with Gasteiger partial charge in [0.2, 0.25) is 5.88 Å². The molecule has 0 aliphatic heterocycles. The minimum absolute atomic E-state index is 0.384. The average Bonchev–Trinajstić information content (AvgIpc) is 2.45. The largest absolute Gasteiger partial charge is 0.473 e. The van der Waals surface area contributed by atoms with E-state index < -0.39 is 0 Å². The van der Waals surface area contributed by atoms with Gasteiger partial charge in [0, 0.05) is 22.8 Å². The van der Waals surface area contributed by atoms with Crippen molar-refractivity contribution in [3.05, 3.63) is 57.7 Å². The van der Waals surface area contributed by atoms with Crippen LogP contribution in [0.3, 0.4) is 0 Å². The highest BCUT2D eigenvalue weighted by Crippen LogP contribution is 2.20. The Morgan fingerprint density at radius 2 is 2.00 bits per heavy atom. The molecular formula is C17H21BrN2O. The first-order valence-electron chi connectivity index (χ1n) is 7.11. The van der Waals surface area contributed by atoms with Crippen molar-refractivity contribution < 1.29 is 4.74 Å². The number of nitrogens with one attached hydrogen (secondary N) is 1. The van der Waals surface area contributed by atoms with Gasteiger partial charge in [-0.3, -0.25) is 0 Å². The van der Waals surface area contributed by atoms with Crippen LogP contribution in [-0.4, -0.2) is 12.0 Å². The molecule has 0 amide bonds. The molecule has 0 bridgehead atoms. The lowest BCUT2D eigenvalue weighted by atomic mass is 10.1. The van der Waals surface area contributed by atoms with Gasteiger partial charge >= 0.3 is 0 Å². The van der Waals surface area contributed by atoms with Crippen molar-refractivity contribution in [3.63, 3.8) is 0 Å². The van der Waals surface area contributed by atoms with Crippen molar-refractivity contribution >= 4 is 15.9 Å². The molecule has 0 aliphatic rings. The van der Waals surface area contributed by atoms with E-state index in [1.165, 1.54) is 5.56 Å². The van der Waals surface area contributed by atoms with Crippen LogP contribution in [0.4, 0.5) is 0 Å². The Morgan fingerprint density at radius 1 is 1.19 bits per heavy atom. The predicted octanol–water partition coefficient (Wildman–Crippen LogP) is 4.27. The summed E-state index contributed by atoms with van der Waals surface area (Å²) in [7, 11) is 1.94. The molecule has 2 rings (SSSR count). The maximum Gasteiger partial charge on any atom is 0.214 e. The number of hydrogen-bond donors (Lipinski definition) is 1. The number of nitrogens with zero attached hydrogens (tertiary/aromatic N) is 1.